The van der Waals surface area contributed by atoms with Gasteiger partial charge in [-0.2, -0.15) is 4.91 Å². The predicted octanol–water partition coefficient (Wildman–Crippen LogP) is 1.89. The molecule has 0 N–H and O–H groups in total. The molecule has 0 saturated carbocycles. The summed E-state index contributed by atoms with van der Waals surface area (Å²) in [4.78, 5) is 9.56. The van der Waals surface area contributed by atoms with E-state index < -0.39 is 0 Å². The summed E-state index contributed by atoms with van der Waals surface area (Å²) in [7, 11) is 0. The molecule has 0 atom stereocenters. The first-order valence-electron chi connectivity index (χ1n) is 2.38. The summed E-state index contributed by atoms with van der Waals surface area (Å²) in [5.74, 6) is 0. The van der Waals surface area contributed by atoms with Crippen LogP contribution in [0.3, 0.4) is 0 Å². The highest BCUT2D eigenvalue weighted by Gasteiger charge is 1.81. The van der Waals surface area contributed by atoms with Crippen molar-refractivity contribution in [3.8, 4) is 0 Å². The SMILES string of the molecule is C=C/C=C(\C)CN=O. The second-order valence-corrected chi connectivity index (χ2v) is 1.54. The number of nitroso groups, excluding NO2 is 1. The van der Waals surface area contributed by atoms with Crippen LogP contribution in [0.5, 0.6) is 0 Å². The minimum Gasteiger partial charge on any atom is -0.150 e. The third kappa shape index (κ3) is 3.28. The molecule has 0 heterocycles. The van der Waals surface area contributed by atoms with Gasteiger partial charge in [0.2, 0.25) is 0 Å². The fraction of sp³-hybridized carbons (Fsp3) is 0.333. The molecule has 2 nitrogen and oxygen atoms in total. The lowest BCUT2D eigenvalue weighted by atomic mass is 10.3. The monoisotopic (exact) mass is 111 g/mol. The van der Waals surface area contributed by atoms with Gasteiger partial charge in [0.25, 0.3) is 0 Å². The number of hydrogen-bond acceptors (Lipinski definition) is 2. The number of nitrogens with zero attached hydrogens (tertiary/aromatic N) is 1. The topological polar surface area (TPSA) is 29.4 Å². The Bertz CT molecular complexity index is 116. The average Bonchev–Trinajstić information content (AvgIpc) is 1.68. The lowest BCUT2D eigenvalue weighted by Gasteiger charge is -1.84. The summed E-state index contributed by atoms with van der Waals surface area (Å²) in [5, 5.41) is 2.69. The Morgan fingerprint density at radius 1 is 1.88 bits per heavy atom. The van der Waals surface area contributed by atoms with Gasteiger partial charge in [-0.25, -0.2) is 0 Å². The first kappa shape index (κ1) is 7.08. The summed E-state index contributed by atoms with van der Waals surface area (Å²) in [6.07, 6.45) is 3.40. The van der Waals surface area contributed by atoms with E-state index in [9.17, 15) is 4.91 Å². The fourth-order valence-electron chi connectivity index (χ4n) is 0.356. The molecule has 0 bridgehead atoms. The van der Waals surface area contributed by atoms with E-state index in [1.54, 1.807) is 12.2 Å². The van der Waals surface area contributed by atoms with Crippen LogP contribution in [0, 0.1) is 4.91 Å². The highest BCUT2D eigenvalue weighted by molar-refractivity contribution is 5.08. The van der Waals surface area contributed by atoms with Crippen molar-refractivity contribution in [3.63, 3.8) is 0 Å². The highest BCUT2D eigenvalue weighted by Crippen LogP contribution is 1.91. The molecule has 0 aliphatic carbocycles. The molecule has 0 aliphatic heterocycles. The summed E-state index contributed by atoms with van der Waals surface area (Å²) >= 11 is 0. The van der Waals surface area contributed by atoms with E-state index in [1.165, 1.54) is 0 Å². The Morgan fingerprint density at radius 3 is 2.88 bits per heavy atom. The van der Waals surface area contributed by atoms with Gasteiger partial charge in [-0.15, -0.1) is 0 Å². The van der Waals surface area contributed by atoms with Crippen LogP contribution < -0.4 is 0 Å². The normalized spacial score (nSPS) is 10.9. The van der Waals surface area contributed by atoms with E-state index in [1.807, 2.05) is 6.92 Å². The Balaban J connectivity index is 3.60. The molecule has 2 heteroatoms. The Hall–Kier alpha value is -0.920. The van der Waals surface area contributed by atoms with Gasteiger partial charge in [-0.1, -0.05) is 23.9 Å². The summed E-state index contributed by atoms with van der Waals surface area (Å²) in [5.41, 5.74) is 0.940. The predicted molar refractivity (Wildman–Crippen MR) is 34.6 cm³/mol. The van der Waals surface area contributed by atoms with E-state index in [-0.39, 0.29) is 6.54 Å². The van der Waals surface area contributed by atoms with Crippen molar-refractivity contribution >= 4 is 0 Å². The average molecular weight is 111 g/mol. The summed E-state index contributed by atoms with van der Waals surface area (Å²) < 4.78 is 0. The van der Waals surface area contributed by atoms with Gasteiger partial charge >= 0.3 is 0 Å². The van der Waals surface area contributed by atoms with Crippen LogP contribution in [0.2, 0.25) is 0 Å². The third-order valence-electron chi connectivity index (χ3n) is 0.716. The second kappa shape index (κ2) is 4.24. The maximum atomic E-state index is 9.56. The Labute approximate surface area is 48.9 Å². The Kier molecular flexibility index (Phi) is 3.76. The van der Waals surface area contributed by atoms with Gasteiger partial charge in [0.15, 0.2) is 0 Å². The molecule has 0 amide bonds. The smallest absolute Gasteiger partial charge is 0.102 e. The van der Waals surface area contributed by atoms with Gasteiger partial charge in [0.1, 0.15) is 6.54 Å². The van der Waals surface area contributed by atoms with Crippen LogP contribution in [0.4, 0.5) is 0 Å². The van der Waals surface area contributed by atoms with Crippen LogP contribution in [-0.2, 0) is 0 Å². The molecule has 0 spiro atoms. The van der Waals surface area contributed by atoms with Crippen molar-refractivity contribution in [3.05, 3.63) is 29.2 Å². The van der Waals surface area contributed by atoms with E-state index in [0.717, 1.165) is 5.57 Å². The molecular weight excluding hydrogens is 102 g/mol. The molecule has 44 valence electrons. The van der Waals surface area contributed by atoms with Crippen molar-refractivity contribution in [2.45, 2.75) is 6.92 Å². The maximum Gasteiger partial charge on any atom is 0.102 e. The number of rotatable bonds is 3. The quantitative estimate of drug-likeness (QED) is 0.404. The minimum absolute atomic E-state index is 0.270. The molecule has 0 aromatic heterocycles. The van der Waals surface area contributed by atoms with Crippen molar-refractivity contribution < 1.29 is 0 Å². The van der Waals surface area contributed by atoms with Crippen LogP contribution in [-0.4, -0.2) is 6.54 Å². The van der Waals surface area contributed by atoms with E-state index in [0.29, 0.717) is 0 Å². The number of hydrogen-bond donors (Lipinski definition) is 0. The molecule has 0 saturated heterocycles. The number of allylic oxidation sites excluding steroid dienone is 2. The van der Waals surface area contributed by atoms with Crippen molar-refractivity contribution in [1.29, 1.82) is 0 Å². The summed E-state index contributed by atoms with van der Waals surface area (Å²) in [6.45, 7) is 5.57. The van der Waals surface area contributed by atoms with Crippen LogP contribution >= 0.6 is 0 Å². The molecule has 0 rings (SSSR count). The molecular formula is C6H9NO. The van der Waals surface area contributed by atoms with Gasteiger partial charge in [0.05, 0.1) is 0 Å². The van der Waals surface area contributed by atoms with Gasteiger partial charge < -0.3 is 0 Å². The van der Waals surface area contributed by atoms with E-state index >= 15 is 0 Å². The molecule has 8 heavy (non-hydrogen) atoms. The van der Waals surface area contributed by atoms with Gasteiger partial charge in [0, 0.05) is 0 Å². The maximum absolute atomic E-state index is 9.56. The van der Waals surface area contributed by atoms with Crippen molar-refractivity contribution in [2.24, 2.45) is 5.18 Å². The first-order valence-corrected chi connectivity index (χ1v) is 2.38. The highest BCUT2D eigenvalue weighted by atomic mass is 16.3. The standard InChI is InChI=1S/C6H9NO/c1-3-4-6(2)5-7-8/h3-4H,1,5H2,2H3/b6-4+. The summed E-state index contributed by atoms with van der Waals surface area (Å²) in [6, 6.07) is 0. The Morgan fingerprint density at radius 2 is 2.50 bits per heavy atom. The molecule has 0 unspecified atom stereocenters. The second-order valence-electron chi connectivity index (χ2n) is 1.54. The van der Waals surface area contributed by atoms with Gasteiger partial charge in [-0.05, 0) is 12.5 Å². The first-order chi connectivity index (χ1) is 3.81. The van der Waals surface area contributed by atoms with E-state index in [4.69, 9.17) is 0 Å². The zero-order chi connectivity index (χ0) is 6.41. The molecule has 0 aromatic rings. The zero-order valence-corrected chi connectivity index (χ0v) is 4.92. The van der Waals surface area contributed by atoms with Crippen LogP contribution in [0.1, 0.15) is 6.92 Å². The molecule has 0 radical (unpaired) electrons. The zero-order valence-electron chi connectivity index (χ0n) is 4.92. The van der Waals surface area contributed by atoms with Crippen molar-refractivity contribution in [2.75, 3.05) is 6.54 Å². The molecule has 0 aromatic carbocycles. The minimum atomic E-state index is 0.270. The molecule has 0 fully saturated rings. The van der Waals surface area contributed by atoms with Crippen LogP contribution in [0.15, 0.2) is 29.5 Å². The van der Waals surface area contributed by atoms with Gasteiger partial charge in [-0.3, -0.25) is 0 Å². The van der Waals surface area contributed by atoms with E-state index in [2.05, 4.69) is 11.8 Å². The third-order valence-corrected chi connectivity index (χ3v) is 0.716. The van der Waals surface area contributed by atoms with Crippen molar-refractivity contribution in [1.82, 2.24) is 0 Å². The largest absolute Gasteiger partial charge is 0.150 e. The van der Waals surface area contributed by atoms with Crippen LogP contribution in [0.25, 0.3) is 0 Å². The lowest BCUT2D eigenvalue weighted by molar-refractivity contribution is 1.12. The fourth-order valence-corrected chi connectivity index (χ4v) is 0.356. The molecule has 0 aliphatic rings. The lowest BCUT2D eigenvalue weighted by Crippen LogP contribution is -1.77.